The molecule has 0 radical (unpaired) electrons. The summed E-state index contributed by atoms with van der Waals surface area (Å²) in [4.78, 5) is 58.3. The first-order chi connectivity index (χ1) is 21.1. The van der Waals surface area contributed by atoms with Crippen molar-refractivity contribution in [1.82, 2.24) is 25.8 Å². The van der Waals surface area contributed by atoms with Gasteiger partial charge in [-0.15, -0.1) is 0 Å². The molecule has 4 rings (SSSR count). The smallest absolute Gasteiger partial charge is 0.274 e. The number of benzene rings is 1. The minimum atomic E-state index is -2.42. The molecule has 2 aliphatic rings. The number of aromatic hydroxyl groups is 1. The van der Waals surface area contributed by atoms with Crippen molar-refractivity contribution in [2.24, 2.45) is 5.92 Å². The van der Waals surface area contributed by atoms with Gasteiger partial charge in [0.2, 0.25) is 23.5 Å². The second kappa shape index (κ2) is 13.3. The molecule has 0 spiro atoms. The third-order valence-electron chi connectivity index (χ3n) is 7.93. The average molecular weight is 644 g/mol. The highest BCUT2D eigenvalue weighted by Crippen LogP contribution is 2.27. The van der Waals surface area contributed by atoms with E-state index >= 15 is 0 Å². The SMILES string of the molecule is C[C@H]1NC(=O)C(C2CCO2)N(C)C(=O)[C@H](C)[C@H](O)[C@H](Cc2c(F)c(F)c(F)c(F)c2F)NC(=O)[C@H]1NC(=O)c1ncccc1O. The second-order valence-corrected chi connectivity index (χ2v) is 10.9. The van der Waals surface area contributed by atoms with Crippen LogP contribution in [0.5, 0.6) is 5.75 Å². The highest BCUT2D eigenvalue weighted by Gasteiger charge is 2.45. The molecule has 244 valence electrons. The monoisotopic (exact) mass is 643 g/mol. The molecule has 2 aromatic rings. The average Bonchev–Trinajstić information content (AvgIpc) is 2.98. The van der Waals surface area contributed by atoms with E-state index in [1.54, 1.807) is 0 Å². The number of rotatable bonds is 5. The Morgan fingerprint density at radius 2 is 1.64 bits per heavy atom. The number of carbonyl (C=O) groups excluding carboxylic acids is 4. The molecule has 1 aromatic carbocycles. The fraction of sp³-hybridized carbons (Fsp3) is 0.464. The van der Waals surface area contributed by atoms with Gasteiger partial charge in [-0.3, -0.25) is 19.2 Å². The van der Waals surface area contributed by atoms with Crippen molar-refractivity contribution in [3.8, 4) is 5.75 Å². The summed E-state index contributed by atoms with van der Waals surface area (Å²) in [6, 6.07) is -3.71. The Balaban J connectivity index is 1.78. The van der Waals surface area contributed by atoms with Gasteiger partial charge in [-0.25, -0.2) is 26.9 Å². The molecule has 5 N–H and O–H groups in total. The van der Waals surface area contributed by atoms with Crippen LogP contribution in [0.1, 0.15) is 36.3 Å². The van der Waals surface area contributed by atoms with Crippen LogP contribution in [0.2, 0.25) is 0 Å². The van der Waals surface area contributed by atoms with Crippen molar-refractivity contribution < 1.29 is 56.1 Å². The molecule has 12 nitrogen and oxygen atoms in total. The van der Waals surface area contributed by atoms with E-state index in [2.05, 4.69) is 20.9 Å². The Bertz CT molecular complexity index is 1480. The summed E-state index contributed by atoms with van der Waals surface area (Å²) in [6.45, 7) is 2.75. The number of aliphatic hydroxyl groups excluding tert-OH is 1. The van der Waals surface area contributed by atoms with E-state index in [1.165, 1.54) is 33.2 Å². The third-order valence-corrected chi connectivity index (χ3v) is 7.93. The number of nitrogens with one attached hydrogen (secondary N) is 3. The first kappa shape index (κ1) is 33.5. The number of hydrogen-bond acceptors (Lipinski definition) is 8. The molecule has 4 amide bonds. The van der Waals surface area contributed by atoms with Crippen LogP contribution in [0, 0.1) is 35.0 Å². The molecule has 0 bridgehead atoms. The quantitative estimate of drug-likeness (QED) is 0.178. The van der Waals surface area contributed by atoms with E-state index in [0.29, 0.717) is 6.42 Å². The Hall–Kier alpha value is -4.38. The van der Waals surface area contributed by atoms with Gasteiger partial charge in [0.1, 0.15) is 17.8 Å². The highest BCUT2D eigenvalue weighted by atomic mass is 19.2. The first-order valence-electron chi connectivity index (χ1n) is 13.8. The van der Waals surface area contributed by atoms with Crippen molar-refractivity contribution in [2.45, 2.75) is 63.1 Å². The first-order valence-corrected chi connectivity index (χ1v) is 13.8. The van der Waals surface area contributed by atoms with E-state index < -0.39 is 118 Å². The Kier molecular flexibility index (Phi) is 9.92. The van der Waals surface area contributed by atoms with Crippen LogP contribution in [0.3, 0.4) is 0 Å². The van der Waals surface area contributed by atoms with Crippen molar-refractivity contribution >= 4 is 23.6 Å². The van der Waals surface area contributed by atoms with Gasteiger partial charge in [-0.1, -0.05) is 6.92 Å². The highest BCUT2D eigenvalue weighted by molar-refractivity contribution is 5.98. The third kappa shape index (κ3) is 6.54. The number of ether oxygens (including phenoxy) is 1. The number of nitrogens with zero attached hydrogens (tertiary/aromatic N) is 2. The van der Waals surface area contributed by atoms with E-state index in [0.717, 1.165) is 11.0 Å². The molecule has 1 aromatic heterocycles. The molecule has 17 heteroatoms. The molecule has 2 saturated heterocycles. The standard InChI is InChI=1S/C28H30F5N5O7/c1-10-24(40)13(9-12-16(29)18(31)20(33)19(32)17(12)30)36-25(41)21(37-26(42)22-14(39)5-4-7-34-22)11(2)35-27(43)23(15-6-8-45-15)38(3)28(10)44/h4-5,7,10-11,13,15,21,23-24,39-40H,6,8-9H2,1-3H3,(H,35,43)(H,36,41)(H,37,42)/t10-,11-,13+,15?,21+,23?,24+/m1/s1. The number of likely N-dealkylation sites (N-methyl/N-ethyl adjacent to an activating group) is 1. The van der Waals surface area contributed by atoms with Gasteiger partial charge in [0, 0.05) is 31.8 Å². The Morgan fingerprint density at radius 1 is 1.04 bits per heavy atom. The minimum Gasteiger partial charge on any atom is -0.505 e. The van der Waals surface area contributed by atoms with Gasteiger partial charge in [0.15, 0.2) is 29.0 Å². The van der Waals surface area contributed by atoms with Crippen molar-refractivity contribution in [3.63, 3.8) is 0 Å². The molecule has 0 aliphatic carbocycles. The predicted octanol–water partition coefficient (Wildman–Crippen LogP) is 0.440. The summed E-state index contributed by atoms with van der Waals surface area (Å²) in [7, 11) is 1.24. The van der Waals surface area contributed by atoms with Gasteiger partial charge in [-0.05, 0) is 25.5 Å². The largest absolute Gasteiger partial charge is 0.505 e. The minimum absolute atomic E-state index is 0.281. The van der Waals surface area contributed by atoms with Crippen LogP contribution in [0.25, 0.3) is 0 Å². The Morgan fingerprint density at radius 3 is 2.20 bits per heavy atom. The zero-order chi connectivity index (χ0) is 33.3. The van der Waals surface area contributed by atoms with Crippen molar-refractivity contribution in [1.29, 1.82) is 0 Å². The number of carbonyl (C=O) groups is 4. The molecule has 2 fully saturated rings. The number of aromatic nitrogens is 1. The lowest BCUT2D eigenvalue weighted by molar-refractivity contribution is -0.159. The lowest BCUT2D eigenvalue weighted by atomic mass is 9.89. The maximum atomic E-state index is 14.7. The number of amides is 4. The topological polar surface area (TPSA) is 170 Å². The predicted molar refractivity (Wildman–Crippen MR) is 143 cm³/mol. The van der Waals surface area contributed by atoms with Crippen LogP contribution in [-0.2, 0) is 25.5 Å². The van der Waals surface area contributed by atoms with Gasteiger partial charge in [-0.2, -0.15) is 0 Å². The maximum absolute atomic E-state index is 14.7. The zero-order valence-electron chi connectivity index (χ0n) is 24.1. The maximum Gasteiger partial charge on any atom is 0.274 e. The van der Waals surface area contributed by atoms with Gasteiger partial charge < -0.3 is 35.8 Å². The number of hydrogen-bond donors (Lipinski definition) is 5. The van der Waals surface area contributed by atoms with E-state index in [9.17, 15) is 51.3 Å². The number of halogens is 5. The molecular weight excluding hydrogens is 613 g/mol. The molecule has 45 heavy (non-hydrogen) atoms. The summed E-state index contributed by atoms with van der Waals surface area (Å²) >= 11 is 0. The summed E-state index contributed by atoms with van der Waals surface area (Å²) in [5.74, 6) is -17.4. The van der Waals surface area contributed by atoms with Gasteiger partial charge >= 0.3 is 0 Å². The fourth-order valence-electron chi connectivity index (χ4n) is 5.22. The summed E-state index contributed by atoms with van der Waals surface area (Å²) < 4.78 is 76.6. The van der Waals surface area contributed by atoms with E-state index in [4.69, 9.17) is 4.74 Å². The number of aliphatic hydroxyl groups is 1. The summed E-state index contributed by atoms with van der Waals surface area (Å²) in [6.07, 6.45) is -2.44. The Labute approximate surface area is 252 Å². The molecule has 2 unspecified atom stereocenters. The fourth-order valence-corrected chi connectivity index (χ4v) is 5.22. The molecule has 0 saturated carbocycles. The molecule has 3 heterocycles. The lowest BCUT2D eigenvalue weighted by Gasteiger charge is -2.41. The van der Waals surface area contributed by atoms with Crippen molar-refractivity contribution in [3.05, 3.63) is 58.7 Å². The van der Waals surface area contributed by atoms with Gasteiger partial charge in [0.25, 0.3) is 5.91 Å². The summed E-state index contributed by atoms with van der Waals surface area (Å²) in [5, 5.41) is 28.4. The normalized spacial score (nSPS) is 27.9. The van der Waals surface area contributed by atoms with E-state index in [-0.39, 0.29) is 6.61 Å². The van der Waals surface area contributed by atoms with Crippen LogP contribution in [0.15, 0.2) is 18.3 Å². The zero-order valence-corrected chi connectivity index (χ0v) is 24.1. The molecule has 7 atom stereocenters. The van der Waals surface area contributed by atoms with Crippen LogP contribution < -0.4 is 16.0 Å². The molecule has 2 aliphatic heterocycles. The van der Waals surface area contributed by atoms with Crippen LogP contribution >= 0.6 is 0 Å². The van der Waals surface area contributed by atoms with Crippen LogP contribution in [0.4, 0.5) is 22.0 Å². The van der Waals surface area contributed by atoms with Crippen molar-refractivity contribution in [2.75, 3.05) is 13.7 Å². The number of pyridine rings is 1. The lowest BCUT2D eigenvalue weighted by Crippen LogP contribution is -2.66. The van der Waals surface area contributed by atoms with E-state index in [1.807, 2.05) is 0 Å². The molecular formula is C28H30F5N5O7. The summed E-state index contributed by atoms with van der Waals surface area (Å²) in [5.41, 5.74) is -1.88. The second-order valence-electron chi connectivity index (χ2n) is 10.9. The van der Waals surface area contributed by atoms with Gasteiger partial charge in [0.05, 0.1) is 30.2 Å². The van der Waals surface area contributed by atoms with Crippen LogP contribution in [-0.4, -0.2) is 93.8 Å².